The molecule has 0 fully saturated rings. The lowest BCUT2D eigenvalue weighted by atomic mass is 10.1. The molecule has 0 unspecified atom stereocenters. The second kappa shape index (κ2) is 6.43. The van der Waals surface area contributed by atoms with E-state index in [9.17, 15) is 4.79 Å². The molecule has 0 aliphatic carbocycles. The Bertz CT molecular complexity index is 643. The minimum absolute atomic E-state index is 0.169. The van der Waals surface area contributed by atoms with Crippen LogP contribution < -0.4 is 9.47 Å². The smallest absolute Gasteiger partial charge is 0.189 e. The SMILES string of the molecule is COc1ccc(C(=O)/C=C/c2ccc(Br)o2)c(OC)c1. The number of hydrogen-bond donors (Lipinski definition) is 0. The number of methoxy groups -OCH3 is 2. The van der Waals surface area contributed by atoms with Crippen LogP contribution in [-0.4, -0.2) is 20.0 Å². The van der Waals surface area contributed by atoms with E-state index in [1.807, 2.05) is 0 Å². The number of rotatable bonds is 5. The molecule has 1 aromatic heterocycles. The second-order valence-electron chi connectivity index (χ2n) is 3.91. The average molecular weight is 337 g/mol. The van der Waals surface area contributed by atoms with Crippen molar-refractivity contribution in [3.8, 4) is 11.5 Å². The molecule has 1 aromatic carbocycles. The Morgan fingerprint density at radius 2 is 2.00 bits per heavy atom. The van der Waals surface area contributed by atoms with Gasteiger partial charge in [-0.25, -0.2) is 0 Å². The van der Waals surface area contributed by atoms with E-state index in [-0.39, 0.29) is 5.78 Å². The van der Waals surface area contributed by atoms with Gasteiger partial charge in [0.05, 0.1) is 19.8 Å². The number of carbonyl (C=O) groups excluding carboxylic acids is 1. The van der Waals surface area contributed by atoms with Crippen LogP contribution in [0.5, 0.6) is 11.5 Å². The number of ether oxygens (including phenoxy) is 2. The monoisotopic (exact) mass is 336 g/mol. The summed E-state index contributed by atoms with van der Waals surface area (Å²) in [5.74, 6) is 1.53. The summed E-state index contributed by atoms with van der Waals surface area (Å²) >= 11 is 3.20. The van der Waals surface area contributed by atoms with E-state index in [1.54, 1.807) is 43.5 Å². The van der Waals surface area contributed by atoms with Gasteiger partial charge in [-0.1, -0.05) is 0 Å². The predicted molar refractivity (Wildman–Crippen MR) is 79.3 cm³/mol. The third-order valence-corrected chi connectivity index (χ3v) is 3.09. The molecule has 104 valence electrons. The quantitative estimate of drug-likeness (QED) is 0.612. The van der Waals surface area contributed by atoms with E-state index in [0.717, 1.165) is 0 Å². The first-order valence-corrected chi connectivity index (χ1v) is 6.63. The largest absolute Gasteiger partial charge is 0.497 e. The van der Waals surface area contributed by atoms with Gasteiger partial charge in [0.15, 0.2) is 10.5 Å². The van der Waals surface area contributed by atoms with Crippen LogP contribution in [0.1, 0.15) is 16.1 Å². The maximum absolute atomic E-state index is 12.1. The minimum atomic E-state index is -0.169. The van der Waals surface area contributed by atoms with Gasteiger partial charge in [0.25, 0.3) is 0 Å². The lowest BCUT2D eigenvalue weighted by molar-refractivity contribution is 0.104. The van der Waals surface area contributed by atoms with Crippen LogP contribution in [0.2, 0.25) is 0 Å². The molecule has 0 saturated heterocycles. The van der Waals surface area contributed by atoms with Gasteiger partial charge >= 0.3 is 0 Å². The van der Waals surface area contributed by atoms with Crippen LogP contribution >= 0.6 is 15.9 Å². The molecule has 4 nitrogen and oxygen atoms in total. The summed E-state index contributed by atoms with van der Waals surface area (Å²) in [6.45, 7) is 0. The molecule has 0 N–H and O–H groups in total. The third kappa shape index (κ3) is 3.30. The van der Waals surface area contributed by atoms with Crippen LogP contribution in [-0.2, 0) is 0 Å². The molecular formula is C15H13BrO4. The number of benzene rings is 1. The molecule has 0 saturated carbocycles. The van der Waals surface area contributed by atoms with Crippen LogP contribution in [0.4, 0.5) is 0 Å². The average Bonchev–Trinajstić information content (AvgIpc) is 2.89. The van der Waals surface area contributed by atoms with E-state index in [4.69, 9.17) is 13.9 Å². The topological polar surface area (TPSA) is 48.7 Å². The Morgan fingerprint density at radius 1 is 1.20 bits per heavy atom. The summed E-state index contributed by atoms with van der Waals surface area (Å²) in [6.07, 6.45) is 3.05. The molecule has 0 aliphatic rings. The Balaban J connectivity index is 2.22. The molecular weight excluding hydrogens is 324 g/mol. The Morgan fingerprint density at radius 3 is 2.60 bits per heavy atom. The zero-order valence-electron chi connectivity index (χ0n) is 11.1. The Labute approximate surface area is 125 Å². The number of allylic oxidation sites excluding steroid dienone is 1. The molecule has 1 heterocycles. The highest BCUT2D eigenvalue weighted by Crippen LogP contribution is 2.25. The van der Waals surface area contributed by atoms with Crippen molar-refractivity contribution in [1.29, 1.82) is 0 Å². The van der Waals surface area contributed by atoms with Gasteiger partial charge in [-0.05, 0) is 52.3 Å². The molecule has 0 atom stereocenters. The van der Waals surface area contributed by atoms with Gasteiger partial charge in [-0.3, -0.25) is 4.79 Å². The maximum Gasteiger partial charge on any atom is 0.189 e. The summed E-state index contributed by atoms with van der Waals surface area (Å²) in [7, 11) is 3.07. The molecule has 2 rings (SSSR count). The van der Waals surface area contributed by atoms with Crippen molar-refractivity contribution in [2.45, 2.75) is 0 Å². The van der Waals surface area contributed by atoms with E-state index in [1.165, 1.54) is 13.2 Å². The van der Waals surface area contributed by atoms with Gasteiger partial charge < -0.3 is 13.9 Å². The summed E-state index contributed by atoms with van der Waals surface area (Å²) < 4.78 is 16.2. The van der Waals surface area contributed by atoms with E-state index in [2.05, 4.69) is 15.9 Å². The predicted octanol–water partition coefficient (Wildman–Crippen LogP) is 3.96. The Hall–Kier alpha value is -2.01. The summed E-state index contributed by atoms with van der Waals surface area (Å²) in [5.41, 5.74) is 0.468. The molecule has 0 bridgehead atoms. The van der Waals surface area contributed by atoms with Crippen LogP contribution in [0.25, 0.3) is 6.08 Å². The molecule has 2 aromatic rings. The molecule has 0 spiro atoms. The highest BCUT2D eigenvalue weighted by Gasteiger charge is 2.11. The van der Waals surface area contributed by atoms with Crippen molar-refractivity contribution >= 4 is 27.8 Å². The molecule has 5 heteroatoms. The Kier molecular flexibility index (Phi) is 4.63. The van der Waals surface area contributed by atoms with Gasteiger partial charge in [0.1, 0.15) is 17.3 Å². The van der Waals surface area contributed by atoms with Gasteiger partial charge in [0, 0.05) is 6.07 Å². The molecule has 0 aliphatic heterocycles. The van der Waals surface area contributed by atoms with Crippen LogP contribution in [0, 0.1) is 0 Å². The molecule has 0 radical (unpaired) electrons. The van der Waals surface area contributed by atoms with Gasteiger partial charge in [-0.2, -0.15) is 0 Å². The van der Waals surface area contributed by atoms with E-state index < -0.39 is 0 Å². The van der Waals surface area contributed by atoms with Crippen molar-refractivity contribution in [3.63, 3.8) is 0 Å². The van der Waals surface area contributed by atoms with Crippen molar-refractivity contribution in [3.05, 3.63) is 52.4 Å². The van der Waals surface area contributed by atoms with E-state index >= 15 is 0 Å². The summed E-state index contributed by atoms with van der Waals surface area (Å²) in [4.78, 5) is 12.1. The van der Waals surface area contributed by atoms with E-state index in [0.29, 0.717) is 27.5 Å². The number of ketones is 1. The number of carbonyl (C=O) groups is 1. The molecule has 20 heavy (non-hydrogen) atoms. The zero-order valence-corrected chi connectivity index (χ0v) is 12.6. The fourth-order valence-corrected chi connectivity index (χ4v) is 1.99. The fraction of sp³-hybridized carbons (Fsp3) is 0.133. The summed E-state index contributed by atoms with van der Waals surface area (Å²) in [6, 6.07) is 8.58. The van der Waals surface area contributed by atoms with Gasteiger partial charge in [-0.15, -0.1) is 0 Å². The van der Waals surface area contributed by atoms with Crippen molar-refractivity contribution < 1.29 is 18.7 Å². The number of halogens is 1. The zero-order chi connectivity index (χ0) is 14.5. The minimum Gasteiger partial charge on any atom is -0.497 e. The highest BCUT2D eigenvalue weighted by molar-refractivity contribution is 9.10. The van der Waals surface area contributed by atoms with Crippen LogP contribution in [0.15, 0.2) is 45.5 Å². The third-order valence-electron chi connectivity index (χ3n) is 2.67. The van der Waals surface area contributed by atoms with Crippen molar-refractivity contribution in [2.75, 3.05) is 14.2 Å². The van der Waals surface area contributed by atoms with Gasteiger partial charge in [0.2, 0.25) is 0 Å². The lowest BCUT2D eigenvalue weighted by Gasteiger charge is -2.07. The normalized spacial score (nSPS) is 10.8. The second-order valence-corrected chi connectivity index (χ2v) is 4.69. The molecule has 0 amide bonds. The first-order chi connectivity index (χ1) is 9.63. The first kappa shape index (κ1) is 14.4. The highest BCUT2D eigenvalue weighted by atomic mass is 79.9. The van der Waals surface area contributed by atoms with Crippen molar-refractivity contribution in [2.24, 2.45) is 0 Å². The summed E-state index contributed by atoms with van der Waals surface area (Å²) in [5, 5.41) is 0. The maximum atomic E-state index is 12.1. The first-order valence-electron chi connectivity index (χ1n) is 5.84. The number of hydrogen-bond acceptors (Lipinski definition) is 4. The number of furan rings is 1. The lowest BCUT2D eigenvalue weighted by Crippen LogP contribution is -1.99. The van der Waals surface area contributed by atoms with Crippen LogP contribution in [0.3, 0.4) is 0 Å². The fourth-order valence-electron chi connectivity index (χ4n) is 1.67. The van der Waals surface area contributed by atoms with Crippen molar-refractivity contribution in [1.82, 2.24) is 0 Å². The standard InChI is InChI=1S/C15H13BrO4/c1-18-11-3-6-12(14(9-11)19-2)13(17)7-4-10-5-8-15(16)20-10/h3-9H,1-2H3/b7-4+.